The van der Waals surface area contributed by atoms with Crippen molar-refractivity contribution in [3.05, 3.63) is 41.7 Å². The third-order valence-corrected chi connectivity index (χ3v) is 10.3. The predicted molar refractivity (Wildman–Crippen MR) is 92.2 cm³/mol. The smallest absolute Gasteiger partial charge is 0.258 e. The van der Waals surface area contributed by atoms with Gasteiger partial charge in [0.05, 0.1) is 5.76 Å². The highest BCUT2D eigenvalue weighted by atomic mass is 28.4. The predicted octanol–water partition coefficient (Wildman–Crippen LogP) is 6.24. The van der Waals surface area contributed by atoms with Gasteiger partial charge in [0.1, 0.15) is 0 Å². The van der Waals surface area contributed by atoms with Crippen molar-refractivity contribution in [3.8, 4) is 0 Å². The van der Waals surface area contributed by atoms with Crippen molar-refractivity contribution in [2.24, 2.45) is 0 Å². The van der Waals surface area contributed by atoms with Crippen LogP contribution < -0.4 is 0 Å². The van der Waals surface area contributed by atoms with Gasteiger partial charge < -0.3 is 4.43 Å². The van der Waals surface area contributed by atoms with E-state index in [1.165, 1.54) is 5.56 Å². The molecule has 0 unspecified atom stereocenters. The summed E-state index contributed by atoms with van der Waals surface area (Å²) >= 11 is 0. The molecule has 0 N–H and O–H groups in total. The minimum Gasteiger partial charge on any atom is -0.546 e. The van der Waals surface area contributed by atoms with Crippen LogP contribution in [0.25, 0.3) is 6.08 Å². The van der Waals surface area contributed by atoms with Crippen molar-refractivity contribution in [2.75, 3.05) is 0 Å². The molecule has 0 saturated carbocycles. The summed E-state index contributed by atoms with van der Waals surface area (Å²) in [7, 11) is -1.81. The van der Waals surface area contributed by atoms with Crippen LogP contribution in [0.4, 0.5) is 0 Å². The van der Waals surface area contributed by atoms with E-state index in [1.807, 2.05) is 6.07 Å². The fraction of sp³-hybridized carbons (Fsp3) is 0.556. The fourth-order valence-corrected chi connectivity index (χ4v) is 8.77. The van der Waals surface area contributed by atoms with Gasteiger partial charge in [-0.1, -0.05) is 71.9 Å². The van der Waals surface area contributed by atoms with E-state index in [2.05, 4.69) is 78.8 Å². The van der Waals surface area contributed by atoms with Crippen LogP contribution in [0, 0.1) is 0 Å². The summed E-state index contributed by atoms with van der Waals surface area (Å²) in [5, 5.41) is 0. The highest BCUT2D eigenvalue weighted by Crippen LogP contribution is 2.43. The van der Waals surface area contributed by atoms with Crippen LogP contribution in [0.2, 0.25) is 16.6 Å². The SMILES string of the molecule is C/C(=C\c1ccccc1)O[Si](C(C)C)(C(C)C)C(C)C. The molecule has 0 radical (unpaired) electrons. The van der Waals surface area contributed by atoms with Crippen LogP contribution in [0.15, 0.2) is 36.1 Å². The van der Waals surface area contributed by atoms with Crippen LogP contribution in [-0.2, 0) is 4.43 Å². The molecule has 0 aromatic heterocycles. The van der Waals surface area contributed by atoms with Crippen LogP contribution in [0.5, 0.6) is 0 Å². The van der Waals surface area contributed by atoms with Crippen molar-refractivity contribution in [1.29, 1.82) is 0 Å². The van der Waals surface area contributed by atoms with E-state index >= 15 is 0 Å². The Morgan fingerprint density at radius 1 is 0.900 bits per heavy atom. The molecule has 2 heteroatoms. The standard InChI is InChI=1S/C18H30OSi/c1-14(2)20(15(3)4,16(5)6)19-17(7)13-18-11-9-8-10-12-18/h8-16H,1-7H3/b17-13+. The van der Waals surface area contributed by atoms with Gasteiger partial charge in [0.2, 0.25) is 0 Å². The molecule has 0 aliphatic heterocycles. The summed E-state index contributed by atoms with van der Waals surface area (Å²) in [5.41, 5.74) is 3.05. The molecule has 0 aliphatic rings. The Morgan fingerprint density at radius 3 is 1.75 bits per heavy atom. The zero-order valence-corrected chi connectivity index (χ0v) is 15.1. The van der Waals surface area contributed by atoms with Crippen molar-refractivity contribution in [2.45, 2.75) is 65.1 Å². The molecule has 1 aromatic carbocycles. The maximum absolute atomic E-state index is 6.63. The molecule has 0 fully saturated rings. The summed E-state index contributed by atoms with van der Waals surface area (Å²) in [6.45, 7) is 16.0. The molecule has 1 rings (SSSR count). The minimum atomic E-state index is -1.81. The second-order valence-electron chi connectivity index (χ2n) is 6.59. The molecule has 112 valence electrons. The van der Waals surface area contributed by atoms with Gasteiger partial charge in [-0.2, -0.15) is 0 Å². The zero-order valence-electron chi connectivity index (χ0n) is 14.1. The van der Waals surface area contributed by atoms with Crippen molar-refractivity contribution in [3.63, 3.8) is 0 Å². The Hall–Kier alpha value is -1.02. The molecule has 0 spiro atoms. The zero-order chi connectivity index (χ0) is 15.3. The lowest BCUT2D eigenvalue weighted by atomic mass is 10.2. The van der Waals surface area contributed by atoms with E-state index in [4.69, 9.17) is 4.43 Å². The largest absolute Gasteiger partial charge is 0.546 e. The molecule has 0 amide bonds. The maximum atomic E-state index is 6.63. The third kappa shape index (κ3) is 3.75. The first-order chi connectivity index (χ1) is 9.30. The lowest BCUT2D eigenvalue weighted by Gasteiger charge is -2.42. The number of hydrogen-bond acceptors (Lipinski definition) is 1. The maximum Gasteiger partial charge on any atom is 0.258 e. The molecule has 0 saturated heterocycles. The topological polar surface area (TPSA) is 9.23 Å². The normalized spacial score (nSPS) is 13.4. The van der Waals surface area contributed by atoms with Crippen molar-refractivity contribution >= 4 is 14.4 Å². The first-order valence-electron chi connectivity index (χ1n) is 7.73. The van der Waals surface area contributed by atoms with Crippen LogP contribution in [-0.4, -0.2) is 8.32 Å². The second-order valence-corrected chi connectivity index (χ2v) is 12.0. The Kier molecular flexibility index (Phi) is 6.06. The summed E-state index contributed by atoms with van der Waals surface area (Å²) in [5.74, 6) is 1.05. The lowest BCUT2D eigenvalue weighted by molar-refractivity contribution is 0.377. The van der Waals surface area contributed by atoms with Gasteiger partial charge in [-0.05, 0) is 35.2 Å². The Bertz CT molecular complexity index is 410. The molecule has 0 heterocycles. The van der Waals surface area contributed by atoms with Gasteiger partial charge in [-0.15, -0.1) is 0 Å². The molecular formula is C18H30OSi. The third-order valence-electron chi connectivity index (χ3n) is 4.21. The summed E-state index contributed by atoms with van der Waals surface area (Å²) in [6, 6.07) is 10.4. The Morgan fingerprint density at radius 2 is 1.35 bits per heavy atom. The summed E-state index contributed by atoms with van der Waals surface area (Å²) < 4.78 is 6.63. The van der Waals surface area contributed by atoms with Crippen LogP contribution in [0.3, 0.4) is 0 Å². The van der Waals surface area contributed by atoms with Crippen molar-refractivity contribution < 1.29 is 4.43 Å². The first-order valence-corrected chi connectivity index (χ1v) is 9.87. The lowest BCUT2D eigenvalue weighted by Crippen LogP contribution is -2.47. The highest BCUT2D eigenvalue weighted by Gasteiger charge is 2.46. The average Bonchev–Trinajstić information content (AvgIpc) is 2.35. The molecule has 0 aliphatic carbocycles. The molecular weight excluding hydrogens is 260 g/mol. The molecule has 20 heavy (non-hydrogen) atoms. The number of hydrogen-bond donors (Lipinski definition) is 0. The second kappa shape index (κ2) is 7.12. The number of allylic oxidation sites excluding steroid dienone is 1. The van der Waals surface area contributed by atoms with Gasteiger partial charge in [0.25, 0.3) is 8.32 Å². The van der Waals surface area contributed by atoms with E-state index in [-0.39, 0.29) is 0 Å². The molecule has 1 nitrogen and oxygen atoms in total. The monoisotopic (exact) mass is 290 g/mol. The fourth-order valence-electron chi connectivity index (χ4n) is 3.45. The molecule has 1 aromatic rings. The Labute approximate surface area is 126 Å². The van der Waals surface area contributed by atoms with E-state index in [9.17, 15) is 0 Å². The van der Waals surface area contributed by atoms with Crippen LogP contribution in [0.1, 0.15) is 54.0 Å². The first kappa shape index (κ1) is 17.0. The molecule has 0 bridgehead atoms. The van der Waals surface area contributed by atoms with Crippen LogP contribution >= 0.6 is 0 Å². The van der Waals surface area contributed by atoms with E-state index in [0.717, 1.165) is 5.76 Å². The van der Waals surface area contributed by atoms with Crippen molar-refractivity contribution in [1.82, 2.24) is 0 Å². The minimum absolute atomic E-state index is 0.613. The Balaban J connectivity index is 3.04. The van der Waals surface area contributed by atoms with Gasteiger partial charge in [0, 0.05) is 0 Å². The summed E-state index contributed by atoms with van der Waals surface area (Å²) in [6.07, 6.45) is 2.16. The highest BCUT2D eigenvalue weighted by molar-refractivity contribution is 6.77. The van der Waals surface area contributed by atoms with Gasteiger partial charge in [-0.25, -0.2) is 0 Å². The van der Waals surface area contributed by atoms with Gasteiger partial charge in [0.15, 0.2) is 0 Å². The van der Waals surface area contributed by atoms with E-state index < -0.39 is 8.32 Å². The number of benzene rings is 1. The van der Waals surface area contributed by atoms with E-state index in [0.29, 0.717) is 16.6 Å². The van der Waals surface area contributed by atoms with Gasteiger partial charge in [-0.3, -0.25) is 0 Å². The summed E-state index contributed by atoms with van der Waals surface area (Å²) in [4.78, 5) is 0. The van der Waals surface area contributed by atoms with E-state index in [1.54, 1.807) is 0 Å². The quantitative estimate of drug-likeness (QED) is 0.445. The number of rotatable bonds is 6. The van der Waals surface area contributed by atoms with Gasteiger partial charge >= 0.3 is 0 Å². The average molecular weight is 291 g/mol. The molecule has 0 atom stereocenters.